The van der Waals surface area contributed by atoms with Gasteiger partial charge in [0.15, 0.2) is 17.6 Å². The predicted molar refractivity (Wildman–Crippen MR) is 107 cm³/mol. The van der Waals surface area contributed by atoms with Gasteiger partial charge >= 0.3 is 0 Å². The molecule has 0 N–H and O–H groups in total. The lowest BCUT2D eigenvalue weighted by atomic mass is 10.1. The summed E-state index contributed by atoms with van der Waals surface area (Å²) in [5.74, 6) is 1.93. The van der Waals surface area contributed by atoms with Gasteiger partial charge in [0.2, 0.25) is 0 Å². The second-order valence-electron chi connectivity index (χ2n) is 6.30. The monoisotopic (exact) mass is 411 g/mol. The van der Waals surface area contributed by atoms with Gasteiger partial charge in [0.05, 0.1) is 21.7 Å². The first-order chi connectivity index (χ1) is 13.6. The molecule has 0 aliphatic carbocycles. The Labute approximate surface area is 172 Å². The quantitative estimate of drug-likeness (QED) is 0.531. The van der Waals surface area contributed by atoms with E-state index >= 15 is 0 Å². The average molecular weight is 412 g/mol. The van der Waals surface area contributed by atoms with E-state index in [1.54, 1.807) is 30.3 Å². The Kier molecular flexibility index (Phi) is 5.29. The van der Waals surface area contributed by atoms with Crippen LogP contribution in [0.1, 0.15) is 22.8 Å². The fourth-order valence-corrected chi connectivity index (χ4v) is 3.23. The lowest BCUT2D eigenvalue weighted by Gasteiger charge is -2.27. The number of nitriles is 1. The second-order valence-corrected chi connectivity index (χ2v) is 7.11. The highest BCUT2D eigenvalue weighted by Crippen LogP contribution is 2.37. The van der Waals surface area contributed by atoms with Crippen molar-refractivity contribution in [1.29, 1.82) is 5.26 Å². The molecular formula is C22H15Cl2NO3. The molecule has 0 fully saturated rings. The average Bonchev–Trinajstić information content (AvgIpc) is 2.74. The zero-order valence-electron chi connectivity index (χ0n) is 14.7. The number of hydrogen-bond donors (Lipinski definition) is 0. The van der Waals surface area contributed by atoms with Gasteiger partial charge in [-0.15, -0.1) is 0 Å². The third-order valence-corrected chi connectivity index (χ3v) is 5.09. The van der Waals surface area contributed by atoms with Crippen molar-refractivity contribution in [2.24, 2.45) is 0 Å². The summed E-state index contributed by atoms with van der Waals surface area (Å²) in [5, 5.41) is 10.0. The molecule has 0 saturated heterocycles. The van der Waals surface area contributed by atoms with Gasteiger partial charge in [0.25, 0.3) is 0 Å². The molecule has 28 heavy (non-hydrogen) atoms. The Balaban J connectivity index is 1.46. The van der Waals surface area contributed by atoms with Crippen LogP contribution in [-0.2, 0) is 6.61 Å². The Morgan fingerprint density at radius 2 is 1.89 bits per heavy atom. The van der Waals surface area contributed by atoms with Gasteiger partial charge in [-0.2, -0.15) is 5.26 Å². The third kappa shape index (κ3) is 4.01. The van der Waals surface area contributed by atoms with E-state index in [0.717, 1.165) is 16.9 Å². The Morgan fingerprint density at radius 1 is 1.00 bits per heavy atom. The molecule has 1 atom stereocenters. The van der Waals surface area contributed by atoms with Crippen molar-refractivity contribution >= 4 is 23.2 Å². The van der Waals surface area contributed by atoms with Crippen LogP contribution < -0.4 is 14.2 Å². The van der Waals surface area contributed by atoms with Crippen LogP contribution in [0, 0.1) is 11.3 Å². The minimum absolute atomic E-state index is 0.256. The first-order valence-electron chi connectivity index (χ1n) is 8.62. The van der Waals surface area contributed by atoms with Gasteiger partial charge in [-0.3, -0.25) is 0 Å². The molecule has 0 saturated carbocycles. The maximum atomic E-state index is 8.99. The number of nitrogens with zero attached hydrogens (tertiary/aromatic N) is 1. The molecule has 1 aliphatic heterocycles. The van der Waals surface area contributed by atoms with E-state index in [-0.39, 0.29) is 6.10 Å². The van der Waals surface area contributed by atoms with Gasteiger partial charge in [0.1, 0.15) is 19.0 Å². The van der Waals surface area contributed by atoms with Crippen LogP contribution in [-0.4, -0.2) is 6.61 Å². The number of ether oxygens (including phenoxy) is 3. The predicted octanol–water partition coefficient (Wildman–Crippen LogP) is 5.96. The zero-order chi connectivity index (χ0) is 19.5. The summed E-state index contributed by atoms with van der Waals surface area (Å²) in [4.78, 5) is 0. The molecule has 1 heterocycles. The van der Waals surface area contributed by atoms with Gasteiger partial charge in [0, 0.05) is 6.07 Å². The highest BCUT2D eigenvalue weighted by molar-refractivity contribution is 6.42. The standard InChI is InChI=1S/C22H15Cl2NO3/c23-18-6-4-15(8-19(18)24)12-26-17-3-1-2-16(10-17)22-13-27-21-9-14(11-25)5-7-20(21)28-22/h1-10,22H,12-13H2. The summed E-state index contributed by atoms with van der Waals surface area (Å²) in [5.41, 5.74) is 2.42. The van der Waals surface area contributed by atoms with Crippen molar-refractivity contribution < 1.29 is 14.2 Å². The van der Waals surface area contributed by atoms with Crippen molar-refractivity contribution in [3.05, 3.63) is 87.4 Å². The van der Waals surface area contributed by atoms with Crippen molar-refractivity contribution in [2.75, 3.05) is 6.61 Å². The molecule has 1 aliphatic rings. The smallest absolute Gasteiger partial charge is 0.162 e. The van der Waals surface area contributed by atoms with Gasteiger partial charge < -0.3 is 14.2 Å². The number of hydrogen-bond acceptors (Lipinski definition) is 4. The Bertz CT molecular complexity index is 1060. The molecule has 4 nitrogen and oxygen atoms in total. The number of rotatable bonds is 4. The van der Waals surface area contributed by atoms with Crippen molar-refractivity contribution in [1.82, 2.24) is 0 Å². The molecule has 0 bridgehead atoms. The van der Waals surface area contributed by atoms with Crippen molar-refractivity contribution in [3.63, 3.8) is 0 Å². The van der Waals surface area contributed by atoms with E-state index in [2.05, 4.69) is 6.07 Å². The Morgan fingerprint density at radius 3 is 2.71 bits per heavy atom. The molecule has 3 aromatic carbocycles. The van der Waals surface area contributed by atoms with Crippen LogP contribution in [0.4, 0.5) is 0 Å². The van der Waals surface area contributed by atoms with Crippen LogP contribution in [0.15, 0.2) is 60.7 Å². The summed E-state index contributed by atoms with van der Waals surface area (Å²) in [6.45, 7) is 0.736. The summed E-state index contributed by atoms with van der Waals surface area (Å²) in [6, 6.07) is 20.4. The Hall–Kier alpha value is -2.87. The fraction of sp³-hybridized carbons (Fsp3) is 0.136. The van der Waals surface area contributed by atoms with Crippen LogP contribution >= 0.6 is 23.2 Å². The molecular weight excluding hydrogens is 397 g/mol. The zero-order valence-corrected chi connectivity index (χ0v) is 16.2. The van der Waals surface area contributed by atoms with E-state index in [9.17, 15) is 0 Å². The number of fused-ring (bicyclic) bond motifs is 1. The molecule has 6 heteroatoms. The van der Waals surface area contributed by atoms with E-state index in [0.29, 0.717) is 40.3 Å². The SMILES string of the molecule is N#Cc1ccc2c(c1)OCC(c1cccc(OCc3ccc(Cl)c(Cl)c3)c1)O2. The molecule has 0 aromatic heterocycles. The normalized spacial score (nSPS) is 15.0. The van der Waals surface area contributed by atoms with Gasteiger partial charge in [-0.25, -0.2) is 0 Å². The van der Waals surface area contributed by atoms with Gasteiger partial charge in [-0.05, 0) is 47.5 Å². The lowest BCUT2D eigenvalue weighted by Crippen LogP contribution is -2.21. The van der Waals surface area contributed by atoms with Crippen LogP contribution in [0.2, 0.25) is 10.0 Å². The minimum atomic E-state index is -0.256. The molecule has 0 spiro atoms. The first kappa shape index (κ1) is 18.5. The van der Waals surface area contributed by atoms with Crippen LogP contribution in [0.5, 0.6) is 17.2 Å². The highest BCUT2D eigenvalue weighted by atomic mass is 35.5. The summed E-state index contributed by atoms with van der Waals surface area (Å²) in [7, 11) is 0. The molecule has 0 radical (unpaired) electrons. The lowest BCUT2D eigenvalue weighted by molar-refractivity contribution is 0.0910. The van der Waals surface area contributed by atoms with E-state index in [1.807, 2.05) is 30.3 Å². The molecule has 140 valence electrons. The van der Waals surface area contributed by atoms with Crippen molar-refractivity contribution in [2.45, 2.75) is 12.7 Å². The van der Waals surface area contributed by atoms with Crippen molar-refractivity contribution in [3.8, 4) is 23.3 Å². The molecule has 4 rings (SSSR count). The summed E-state index contributed by atoms with van der Waals surface area (Å²) in [6.07, 6.45) is -0.256. The topological polar surface area (TPSA) is 51.5 Å². The number of halogens is 2. The minimum Gasteiger partial charge on any atom is -0.489 e. The van der Waals surface area contributed by atoms with Crippen LogP contribution in [0.25, 0.3) is 0 Å². The maximum absolute atomic E-state index is 8.99. The van der Waals surface area contributed by atoms with Gasteiger partial charge in [-0.1, -0.05) is 41.4 Å². The maximum Gasteiger partial charge on any atom is 0.162 e. The van der Waals surface area contributed by atoms with E-state index in [4.69, 9.17) is 42.7 Å². The third-order valence-electron chi connectivity index (χ3n) is 4.35. The first-order valence-corrected chi connectivity index (χ1v) is 9.38. The van der Waals surface area contributed by atoms with E-state index < -0.39 is 0 Å². The highest BCUT2D eigenvalue weighted by Gasteiger charge is 2.23. The fourth-order valence-electron chi connectivity index (χ4n) is 2.91. The number of benzene rings is 3. The van der Waals surface area contributed by atoms with Crippen LogP contribution in [0.3, 0.4) is 0 Å². The molecule has 3 aromatic rings. The molecule has 1 unspecified atom stereocenters. The second kappa shape index (κ2) is 8.02. The summed E-state index contributed by atoms with van der Waals surface area (Å²) >= 11 is 12.0. The largest absolute Gasteiger partial charge is 0.489 e. The summed E-state index contributed by atoms with van der Waals surface area (Å²) < 4.78 is 17.7. The van der Waals surface area contributed by atoms with E-state index in [1.165, 1.54) is 0 Å². The molecule has 0 amide bonds.